The number of hydrogen-bond donors (Lipinski definition) is 1. The van der Waals surface area contributed by atoms with Crippen LogP contribution in [0.3, 0.4) is 0 Å². The lowest BCUT2D eigenvalue weighted by molar-refractivity contribution is 0.0690. The van der Waals surface area contributed by atoms with E-state index in [1.165, 1.54) is 0 Å². The summed E-state index contributed by atoms with van der Waals surface area (Å²) in [6.45, 7) is 4.54. The van der Waals surface area contributed by atoms with Crippen molar-refractivity contribution in [2.45, 2.75) is 19.3 Å². The molecule has 1 heterocycles. The Morgan fingerprint density at radius 3 is 2.32 bits per heavy atom. The molecule has 1 saturated heterocycles. The first-order chi connectivity index (χ1) is 13.8. The molecule has 1 aliphatic heterocycles. The Labute approximate surface area is 172 Å². The number of benzene rings is 2. The summed E-state index contributed by atoms with van der Waals surface area (Å²) < 4.78 is 16.9. The van der Waals surface area contributed by atoms with Crippen LogP contribution in [0, 0.1) is 0 Å². The number of nitrogens with one attached hydrogen (secondary N) is 1. The molecule has 0 amide bonds. The minimum Gasteiger partial charge on any atom is -0.494 e. The lowest BCUT2D eigenvalue weighted by Gasteiger charge is -2.29. The van der Waals surface area contributed by atoms with Crippen molar-refractivity contribution in [2.75, 3.05) is 44.8 Å². The van der Waals surface area contributed by atoms with Crippen molar-refractivity contribution in [3.05, 3.63) is 54.6 Å². The smallest absolute Gasteiger partial charge is 0.173 e. The number of ether oxygens (including phenoxy) is 3. The Hall–Kier alpha value is -2.31. The molecule has 1 N–H and O–H groups in total. The van der Waals surface area contributed by atoms with Crippen molar-refractivity contribution in [3.63, 3.8) is 0 Å². The van der Waals surface area contributed by atoms with E-state index >= 15 is 0 Å². The van der Waals surface area contributed by atoms with Gasteiger partial charge in [-0.25, -0.2) is 0 Å². The summed E-state index contributed by atoms with van der Waals surface area (Å²) in [5, 5.41) is 4.03. The van der Waals surface area contributed by atoms with E-state index in [9.17, 15) is 0 Å². The lowest BCUT2D eigenvalue weighted by Crippen LogP contribution is -2.42. The van der Waals surface area contributed by atoms with E-state index in [2.05, 4.69) is 10.2 Å². The van der Waals surface area contributed by atoms with E-state index in [0.29, 0.717) is 6.61 Å². The number of rotatable bonds is 9. The molecule has 0 radical (unpaired) electrons. The maximum atomic E-state index is 5.88. The fraction of sp³-hybridized carbons (Fsp3) is 0.409. The first-order valence-electron chi connectivity index (χ1n) is 9.86. The van der Waals surface area contributed by atoms with Gasteiger partial charge in [-0.2, -0.15) is 0 Å². The van der Waals surface area contributed by atoms with E-state index in [1.807, 2.05) is 54.6 Å². The van der Waals surface area contributed by atoms with E-state index in [1.54, 1.807) is 0 Å². The van der Waals surface area contributed by atoms with Crippen molar-refractivity contribution < 1.29 is 14.2 Å². The molecular formula is C22H28N2O3S. The summed E-state index contributed by atoms with van der Waals surface area (Å²) in [7, 11) is 0. The van der Waals surface area contributed by atoms with Crippen LogP contribution in [0.2, 0.25) is 0 Å². The topological polar surface area (TPSA) is 43.0 Å². The van der Waals surface area contributed by atoms with Crippen LogP contribution in [0.25, 0.3) is 0 Å². The Morgan fingerprint density at radius 1 is 0.893 bits per heavy atom. The van der Waals surface area contributed by atoms with Gasteiger partial charge in [-0.15, -0.1) is 0 Å². The van der Waals surface area contributed by atoms with Crippen LogP contribution in [-0.4, -0.2) is 49.5 Å². The van der Waals surface area contributed by atoms with Gasteiger partial charge in [0.25, 0.3) is 0 Å². The molecule has 28 heavy (non-hydrogen) atoms. The predicted octanol–water partition coefficient (Wildman–Crippen LogP) is 4.34. The molecule has 1 aliphatic rings. The summed E-state index contributed by atoms with van der Waals surface area (Å²) in [6, 6.07) is 17.9. The summed E-state index contributed by atoms with van der Waals surface area (Å²) >= 11 is 5.49. The highest BCUT2D eigenvalue weighted by atomic mass is 32.1. The third-order valence-corrected chi connectivity index (χ3v) is 4.81. The number of thiocarbonyl (C=S) groups is 1. The molecule has 5 nitrogen and oxygen atoms in total. The van der Waals surface area contributed by atoms with Crippen LogP contribution < -0.4 is 14.8 Å². The summed E-state index contributed by atoms with van der Waals surface area (Å²) in [5.41, 5.74) is 0.949. The van der Waals surface area contributed by atoms with Crippen LogP contribution in [-0.2, 0) is 4.74 Å². The van der Waals surface area contributed by atoms with Gasteiger partial charge in [0.1, 0.15) is 11.5 Å². The molecule has 0 aromatic heterocycles. The number of para-hydroxylation sites is 1. The molecule has 0 aliphatic carbocycles. The van der Waals surface area contributed by atoms with Crippen LogP contribution in [0.5, 0.6) is 11.5 Å². The Kier molecular flexibility index (Phi) is 8.40. The average molecular weight is 401 g/mol. The maximum absolute atomic E-state index is 5.88. The normalized spacial score (nSPS) is 13.8. The highest BCUT2D eigenvalue weighted by molar-refractivity contribution is 7.80. The van der Waals surface area contributed by atoms with Gasteiger partial charge < -0.3 is 24.4 Å². The van der Waals surface area contributed by atoms with Crippen molar-refractivity contribution in [1.29, 1.82) is 0 Å². The summed E-state index contributed by atoms with van der Waals surface area (Å²) in [4.78, 5) is 2.13. The second kappa shape index (κ2) is 11.5. The molecule has 0 bridgehead atoms. The van der Waals surface area contributed by atoms with Gasteiger partial charge in [-0.1, -0.05) is 24.3 Å². The number of unbranched alkanes of at least 4 members (excludes halogenated alkanes) is 2. The van der Waals surface area contributed by atoms with E-state index in [0.717, 1.165) is 74.5 Å². The first-order valence-corrected chi connectivity index (χ1v) is 10.3. The maximum Gasteiger partial charge on any atom is 0.173 e. The average Bonchev–Trinajstić information content (AvgIpc) is 2.75. The molecular weight excluding hydrogens is 372 g/mol. The molecule has 2 aromatic rings. The number of nitrogens with zero attached hydrogens (tertiary/aromatic N) is 1. The monoisotopic (exact) mass is 400 g/mol. The largest absolute Gasteiger partial charge is 0.494 e. The molecule has 1 fully saturated rings. The predicted molar refractivity (Wildman–Crippen MR) is 116 cm³/mol. The van der Waals surface area contributed by atoms with E-state index < -0.39 is 0 Å². The zero-order valence-electron chi connectivity index (χ0n) is 16.1. The highest BCUT2D eigenvalue weighted by Gasteiger charge is 2.13. The second-order valence-corrected chi connectivity index (χ2v) is 7.01. The van der Waals surface area contributed by atoms with Crippen molar-refractivity contribution in [2.24, 2.45) is 0 Å². The third-order valence-electron chi connectivity index (χ3n) is 4.45. The fourth-order valence-corrected chi connectivity index (χ4v) is 3.21. The Morgan fingerprint density at radius 2 is 1.57 bits per heavy atom. The second-order valence-electron chi connectivity index (χ2n) is 6.63. The molecule has 0 atom stereocenters. The van der Waals surface area contributed by atoms with E-state index in [4.69, 9.17) is 26.4 Å². The zero-order chi connectivity index (χ0) is 19.4. The van der Waals surface area contributed by atoms with Crippen molar-refractivity contribution in [3.8, 4) is 11.5 Å². The van der Waals surface area contributed by atoms with Gasteiger partial charge in [0.05, 0.1) is 26.4 Å². The minimum absolute atomic E-state index is 0.697. The quantitative estimate of drug-likeness (QED) is 0.499. The molecule has 0 unspecified atom stereocenters. The fourth-order valence-electron chi connectivity index (χ4n) is 2.91. The molecule has 6 heteroatoms. The number of hydrogen-bond acceptors (Lipinski definition) is 4. The minimum atomic E-state index is 0.697. The number of anilines is 1. The van der Waals surface area contributed by atoms with Crippen molar-refractivity contribution >= 4 is 23.0 Å². The van der Waals surface area contributed by atoms with Crippen molar-refractivity contribution in [1.82, 2.24) is 4.90 Å². The van der Waals surface area contributed by atoms with Gasteiger partial charge in [-0.05, 0) is 55.7 Å². The molecule has 0 saturated carbocycles. The van der Waals surface area contributed by atoms with Gasteiger partial charge >= 0.3 is 0 Å². The van der Waals surface area contributed by atoms with Gasteiger partial charge in [0.15, 0.2) is 5.11 Å². The van der Waals surface area contributed by atoms with Gasteiger partial charge in [0.2, 0.25) is 0 Å². The SMILES string of the molecule is S=C(Nc1cccc(OCCCCCOc2ccccc2)c1)N1CCOCC1. The van der Waals surface area contributed by atoms with E-state index in [-0.39, 0.29) is 0 Å². The summed E-state index contributed by atoms with van der Waals surface area (Å²) in [5.74, 6) is 1.79. The Balaban J connectivity index is 1.31. The lowest BCUT2D eigenvalue weighted by atomic mass is 10.2. The zero-order valence-corrected chi connectivity index (χ0v) is 17.0. The standard InChI is InChI=1S/C22H28N2O3S/c28-22(24-12-16-25-17-13-24)23-19-8-7-11-21(18-19)27-15-6-2-5-14-26-20-9-3-1-4-10-20/h1,3-4,7-11,18H,2,5-6,12-17H2,(H,23,28). The molecule has 3 rings (SSSR count). The third kappa shape index (κ3) is 7.02. The number of morpholine rings is 1. The van der Waals surface area contributed by atoms with Crippen LogP contribution in [0.1, 0.15) is 19.3 Å². The van der Waals surface area contributed by atoms with Crippen LogP contribution in [0.15, 0.2) is 54.6 Å². The Bertz CT molecular complexity index is 721. The highest BCUT2D eigenvalue weighted by Crippen LogP contribution is 2.18. The van der Waals surface area contributed by atoms with Crippen LogP contribution in [0.4, 0.5) is 5.69 Å². The van der Waals surface area contributed by atoms with Crippen LogP contribution >= 0.6 is 12.2 Å². The molecule has 0 spiro atoms. The van der Waals surface area contributed by atoms with Gasteiger partial charge in [0, 0.05) is 24.8 Å². The molecule has 2 aromatic carbocycles. The van der Waals surface area contributed by atoms with Gasteiger partial charge in [-0.3, -0.25) is 0 Å². The first kappa shape index (κ1) is 20.4. The molecule has 150 valence electrons. The summed E-state index contributed by atoms with van der Waals surface area (Å²) in [6.07, 6.45) is 3.10.